The lowest BCUT2D eigenvalue weighted by atomic mass is 9.87. The number of amides is 1. The normalized spacial score (nSPS) is 20.8. The highest BCUT2D eigenvalue weighted by molar-refractivity contribution is 7.81. The first-order chi connectivity index (χ1) is 15.0. The van der Waals surface area contributed by atoms with E-state index in [1.54, 1.807) is 0 Å². The summed E-state index contributed by atoms with van der Waals surface area (Å²) in [7, 11) is 0. The van der Waals surface area contributed by atoms with Crippen molar-refractivity contribution >= 4 is 18.5 Å². The molecular formula is C26H37N3OS. The number of hydrogen-bond donors (Lipinski definition) is 3. The Morgan fingerprint density at radius 3 is 2.16 bits per heavy atom. The molecule has 2 aromatic rings. The summed E-state index contributed by atoms with van der Waals surface area (Å²) in [6.45, 7) is 6.83. The number of benzene rings is 2. The SMILES string of the molecule is CC[C@H](C)[C@@H](C(N)=O)N(CCC(c1ccccc1)c1ccccc1)C[C@@H]1C[C@H](S)CN1. The smallest absolute Gasteiger partial charge is 0.235 e. The third-order valence-corrected chi connectivity index (χ3v) is 7.02. The number of thiol groups is 1. The van der Waals surface area contributed by atoms with Gasteiger partial charge in [-0.1, -0.05) is 80.9 Å². The Kier molecular flexibility index (Phi) is 9.00. The van der Waals surface area contributed by atoms with E-state index in [0.717, 1.165) is 38.9 Å². The van der Waals surface area contributed by atoms with Crippen molar-refractivity contribution in [2.75, 3.05) is 19.6 Å². The molecule has 0 radical (unpaired) electrons. The van der Waals surface area contributed by atoms with Crippen molar-refractivity contribution in [3.8, 4) is 0 Å². The molecule has 1 fully saturated rings. The summed E-state index contributed by atoms with van der Waals surface area (Å²) in [5, 5.41) is 3.95. The van der Waals surface area contributed by atoms with E-state index in [9.17, 15) is 4.79 Å². The largest absolute Gasteiger partial charge is 0.368 e. The Balaban J connectivity index is 1.83. The summed E-state index contributed by atoms with van der Waals surface area (Å²) < 4.78 is 0. The minimum atomic E-state index is -0.252. The van der Waals surface area contributed by atoms with Crippen LogP contribution >= 0.6 is 12.6 Å². The second-order valence-corrected chi connectivity index (χ2v) is 9.62. The minimum absolute atomic E-state index is 0.217. The number of rotatable bonds is 11. The maximum atomic E-state index is 12.5. The zero-order valence-corrected chi connectivity index (χ0v) is 19.7. The van der Waals surface area contributed by atoms with Crippen LogP contribution in [-0.2, 0) is 4.79 Å². The predicted molar refractivity (Wildman–Crippen MR) is 133 cm³/mol. The van der Waals surface area contributed by atoms with Gasteiger partial charge in [-0.15, -0.1) is 0 Å². The first-order valence-electron chi connectivity index (χ1n) is 11.5. The van der Waals surface area contributed by atoms with Crippen LogP contribution in [0.2, 0.25) is 0 Å². The Hall–Kier alpha value is -1.82. The van der Waals surface area contributed by atoms with E-state index in [-0.39, 0.29) is 23.8 Å². The molecule has 5 heteroatoms. The van der Waals surface area contributed by atoms with Gasteiger partial charge < -0.3 is 11.1 Å². The highest BCUT2D eigenvalue weighted by Crippen LogP contribution is 2.29. The van der Waals surface area contributed by atoms with Gasteiger partial charge in [-0.2, -0.15) is 12.6 Å². The molecule has 4 atom stereocenters. The van der Waals surface area contributed by atoms with Gasteiger partial charge in [0, 0.05) is 30.3 Å². The van der Waals surface area contributed by atoms with Gasteiger partial charge in [0.15, 0.2) is 0 Å². The molecule has 3 rings (SSSR count). The Morgan fingerprint density at radius 2 is 1.71 bits per heavy atom. The molecule has 1 amide bonds. The van der Waals surface area contributed by atoms with E-state index in [0.29, 0.717) is 11.3 Å². The fourth-order valence-electron chi connectivity index (χ4n) is 4.80. The molecule has 0 aliphatic carbocycles. The second kappa shape index (κ2) is 11.7. The van der Waals surface area contributed by atoms with E-state index in [1.165, 1.54) is 11.1 Å². The van der Waals surface area contributed by atoms with Crippen LogP contribution in [0.3, 0.4) is 0 Å². The van der Waals surface area contributed by atoms with E-state index < -0.39 is 0 Å². The molecular weight excluding hydrogens is 402 g/mol. The highest BCUT2D eigenvalue weighted by Gasteiger charge is 2.32. The van der Waals surface area contributed by atoms with Crippen molar-refractivity contribution in [3.63, 3.8) is 0 Å². The third kappa shape index (κ3) is 6.58. The predicted octanol–water partition coefficient (Wildman–Crippen LogP) is 4.07. The lowest BCUT2D eigenvalue weighted by molar-refractivity contribution is -0.125. The number of carbonyl (C=O) groups is 1. The number of nitrogens with one attached hydrogen (secondary N) is 1. The molecule has 0 spiro atoms. The molecule has 31 heavy (non-hydrogen) atoms. The summed E-state index contributed by atoms with van der Waals surface area (Å²) >= 11 is 4.63. The van der Waals surface area contributed by atoms with Crippen molar-refractivity contribution < 1.29 is 4.79 Å². The van der Waals surface area contributed by atoms with Crippen LogP contribution in [0.4, 0.5) is 0 Å². The van der Waals surface area contributed by atoms with Gasteiger partial charge in [0.2, 0.25) is 5.91 Å². The standard InChI is InChI=1S/C26H37N3OS/c1-3-19(2)25(26(27)30)29(18-22-16-23(31)17-28-22)15-14-24(20-10-6-4-7-11-20)21-12-8-5-9-13-21/h4-13,19,22-25,28,31H,3,14-18H2,1-2H3,(H2,27,30)/t19-,22-,23-,25-/m0/s1. The Bertz CT molecular complexity index is 761. The quantitative estimate of drug-likeness (QED) is 0.463. The van der Waals surface area contributed by atoms with Gasteiger partial charge in [0.05, 0.1) is 6.04 Å². The molecule has 168 valence electrons. The molecule has 2 aromatic carbocycles. The summed E-state index contributed by atoms with van der Waals surface area (Å²) in [4.78, 5) is 14.8. The molecule has 0 saturated carbocycles. The van der Waals surface area contributed by atoms with Crippen LogP contribution < -0.4 is 11.1 Å². The average Bonchev–Trinajstić information content (AvgIpc) is 3.19. The molecule has 0 aromatic heterocycles. The fourth-order valence-corrected chi connectivity index (χ4v) is 5.16. The molecule has 3 N–H and O–H groups in total. The third-order valence-electron chi connectivity index (χ3n) is 6.63. The van der Waals surface area contributed by atoms with E-state index in [4.69, 9.17) is 5.73 Å². The first-order valence-corrected chi connectivity index (χ1v) is 12.1. The van der Waals surface area contributed by atoms with E-state index in [1.807, 2.05) is 0 Å². The second-order valence-electron chi connectivity index (χ2n) is 8.89. The molecule has 4 nitrogen and oxygen atoms in total. The van der Waals surface area contributed by atoms with Crippen LogP contribution in [0, 0.1) is 5.92 Å². The summed E-state index contributed by atoms with van der Waals surface area (Å²) in [6, 6.07) is 21.4. The number of nitrogens with two attached hydrogens (primary N) is 1. The van der Waals surface area contributed by atoms with Crippen LogP contribution in [0.1, 0.15) is 50.2 Å². The van der Waals surface area contributed by atoms with Gasteiger partial charge in [-0.05, 0) is 36.4 Å². The number of carbonyl (C=O) groups excluding carboxylic acids is 1. The van der Waals surface area contributed by atoms with Gasteiger partial charge >= 0.3 is 0 Å². The van der Waals surface area contributed by atoms with Gasteiger partial charge in [0.1, 0.15) is 0 Å². The first kappa shape index (κ1) is 23.8. The molecule has 1 aliphatic rings. The van der Waals surface area contributed by atoms with Crippen molar-refractivity contribution in [3.05, 3.63) is 71.8 Å². The van der Waals surface area contributed by atoms with Crippen LogP contribution in [-0.4, -0.2) is 47.8 Å². The molecule has 0 bridgehead atoms. The lowest BCUT2D eigenvalue weighted by Gasteiger charge is -2.36. The zero-order valence-electron chi connectivity index (χ0n) is 18.8. The zero-order chi connectivity index (χ0) is 22.2. The number of nitrogens with zero attached hydrogens (tertiary/aromatic N) is 1. The highest BCUT2D eigenvalue weighted by atomic mass is 32.1. The molecule has 1 heterocycles. The summed E-state index contributed by atoms with van der Waals surface area (Å²) in [5.41, 5.74) is 8.54. The van der Waals surface area contributed by atoms with E-state index >= 15 is 0 Å². The number of primary amides is 1. The lowest BCUT2D eigenvalue weighted by Crippen LogP contribution is -2.52. The summed E-state index contributed by atoms with van der Waals surface area (Å²) in [6.07, 6.45) is 2.88. The van der Waals surface area contributed by atoms with Crippen LogP contribution in [0.25, 0.3) is 0 Å². The molecule has 1 saturated heterocycles. The van der Waals surface area contributed by atoms with Gasteiger partial charge in [0.25, 0.3) is 0 Å². The van der Waals surface area contributed by atoms with Gasteiger partial charge in [-0.25, -0.2) is 0 Å². The van der Waals surface area contributed by atoms with Crippen molar-refractivity contribution in [2.24, 2.45) is 11.7 Å². The monoisotopic (exact) mass is 439 g/mol. The van der Waals surface area contributed by atoms with Crippen molar-refractivity contribution in [1.82, 2.24) is 10.2 Å². The number of hydrogen-bond acceptors (Lipinski definition) is 4. The maximum absolute atomic E-state index is 12.5. The minimum Gasteiger partial charge on any atom is -0.368 e. The van der Waals surface area contributed by atoms with Crippen molar-refractivity contribution in [1.29, 1.82) is 0 Å². The topological polar surface area (TPSA) is 58.4 Å². The van der Waals surface area contributed by atoms with E-state index in [2.05, 4.69) is 97.4 Å². The Morgan fingerprint density at radius 1 is 1.13 bits per heavy atom. The molecule has 0 unspecified atom stereocenters. The average molecular weight is 440 g/mol. The van der Waals surface area contributed by atoms with Crippen LogP contribution in [0.5, 0.6) is 0 Å². The van der Waals surface area contributed by atoms with Gasteiger partial charge in [-0.3, -0.25) is 9.69 Å². The van der Waals surface area contributed by atoms with Crippen molar-refractivity contribution in [2.45, 2.75) is 56.4 Å². The molecule has 1 aliphatic heterocycles. The summed E-state index contributed by atoms with van der Waals surface area (Å²) in [5.74, 6) is 0.285. The maximum Gasteiger partial charge on any atom is 0.235 e. The van der Waals surface area contributed by atoms with Crippen LogP contribution in [0.15, 0.2) is 60.7 Å². The fraction of sp³-hybridized carbons (Fsp3) is 0.500. The Labute approximate surface area is 193 Å².